The Morgan fingerprint density at radius 2 is 1.86 bits per heavy atom. The molecule has 3 aromatic heterocycles. The Hall–Kier alpha value is -3.80. The van der Waals surface area contributed by atoms with E-state index in [1.54, 1.807) is 36.5 Å². The second-order valence-corrected chi connectivity index (χ2v) is 6.26. The van der Waals surface area contributed by atoms with Crippen molar-refractivity contribution in [2.45, 2.75) is 6.42 Å². The molecular formula is C22H16FN3O2. The zero-order chi connectivity index (χ0) is 19.5. The van der Waals surface area contributed by atoms with Gasteiger partial charge < -0.3 is 4.40 Å². The summed E-state index contributed by atoms with van der Waals surface area (Å²) >= 11 is 0. The van der Waals surface area contributed by atoms with Gasteiger partial charge in [-0.05, 0) is 48.0 Å². The predicted octanol–water partition coefficient (Wildman–Crippen LogP) is 3.93. The van der Waals surface area contributed by atoms with E-state index in [4.69, 9.17) is 0 Å². The zero-order valence-corrected chi connectivity index (χ0v) is 14.8. The van der Waals surface area contributed by atoms with E-state index in [1.165, 1.54) is 17.0 Å². The van der Waals surface area contributed by atoms with Crippen LogP contribution in [0.15, 0.2) is 79.1 Å². The van der Waals surface area contributed by atoms with Crippen LogP contribution in [0.4, 0.5) is 15.9 Å². The Morgan fingerprint density at radius 3 is 2.57 bits per heavy atom. The van der Waals surface area contributed by atoms with Crippen LogP contribution in [-0.4, -0.2) is 21.6 Å². The number of halogens is 1. The first-order valence-corrected chi connectivity index (χ1v) is 8.71. The smallest absolute Gasteiger partial charge is 0.296 e. The van der Waals surface area contributed by atoms with Crippen molar-refractivity contribution in [2.75, 3.05) is 4.90 Å². The van der Waals surface area contributed by atoms with Crippen LogP contribution in [0.5, 0.6) is 0 Å². The summed E-state index contributed by atoms with van der Waals surface area (Å²) < 4.78 is 15.2. The van der Waals surface area contributed by atoms with Crippen LogP contribution < -0.4 is 4.90 Å². The third-order valence-electron chi connectivity index (χ3n) is 4.47. The number of aldehydes is 1. The lowest BCUT2D eigenvalue weighted by Gasteiger charge is -2.18. The van der Waals surface area contributed by atoms with Gasteiger partial charge >= 0.3 is 0 Å². The quantitative estimate of drug-likeness (QED) is 0.393. The van der Waals surface area contributed by atoms with Crippen molar-refractivity contribution < 1.29 is 14.0 Å². The van der Waals surface area contributed by atoms with Gasteiger partial charge in [0.15, 0.2) is 0 Å². The molecule has 0 aliphatic heterocycles. The Morgan fingerprint density at radius 1 is 1.07 bits per heavy atom. The molecule has 0 unspecified atom stereocenters. The number of rotatable bonds is 5. The molecule has 0 spiro atoms. The van der Waals surface area contributed by atoms with E-state index in [0.717, 1.165) is 16.8 Å². The summed E-state index contributed by atoms with van der Waals surface area (Å²) in [5, 5.41) is 0. The standard InChI is InChI=1S/C22H16FN3O2/c23-17-9-7-16(8-10-17)13-18-14-20(19-5-2-4-12-25(18)19)26(22(28)15-27)21-6-1-3-11-24-21/h1-12,14-15H,13H2. The Balaban J connectivity index is 1.85. The van der Waals surface area contributed by atoms with E-state index in [9.17, 15) is 14.0 Å². The van der Waals surface area contributed by atoms with Crippen molar-refractivity contribution in [2.24, 2.45) is 0 Å². The number of nitrogens with zero attached hydrogens (tertiary/aromatic N) is 3. The molecule has 0 aliphatic rings. The SMILES string of the molecule is O=CC(=O)N(c1ccccn1)c1cc(Cc2ccc(F)cc2)n2ccccc12. The van der Waals surface area contributed by atoms with Crippen LogP contribution in [0.2, 0.25) is 0 Å². The lowest BCUT2D eigenvalue weighted by atomic mass is 10.1. The molecule has 4 rings (SSSR count). The maximum absolute atomic E-state index is 13.2. The number of fused-ring (bicyclic) bond motifs is 1. The molecule has 1 amide bonds. The molecule has 1 aromatic carbocycles. The maximum atomic E-state index is 13.2. The molecule has 0 aliphatic carbocycles. The van der Waals surface area contributed by atoms with E-state index in [1.807, 2.05) is 34.9 Å². The first-order chi connectivity index (χ1) is 13.7. The van der Waals surface area contributed by atoms with E-state index in [-0.39, 0.29) is 12.1 Å². The minimum absolute atomic E-state index is 0.279. The first kappa shape index (κ1) is 17.6. The van der Waals surface area contributed by atoms with Crippen LogP contribution in [0.3, 0.4) is 0 Å². The molecule has 6 heteroatoms. The third kappa shape index (κ3) is 3.27. The number of hydrogen-bond donors (Lipinski definition) is 0. The van der Waals surface area contributed by atoms with Crippen molar-refractivity contribution >= 4 is 29.2 Å². The highest BCUT2D eigenvalue weighted by molar-refractivity contribution is 6.33. The molecule has 0 N–H and O–H groups in total. The number of carbonyl (C=O) groups excluding carboxylic acids is 2. The maximum Gasteiger partial charge on any atom is 0.296 e. The van der Waals surface area contributed by atoms with Gasteiger partial charge in [0.2, 0.25) is 6.29 Å². The number of hydrogen-bond acceptors (Lipinski definition) is 3. The van der Waals surface area contributed by atoms with Crippen LogP contribution in [0.1, 0.15) is 11.3 Å². The summed E-state index contributed by atoms with van der Waals surface area (Å²) in [6.07, 6.45) is 4.27. The zero-order valence-electron chi connectivity index (χ0n) is 14.8. The van der Waals surface area contributed by atoms with Crippen molar-refractivity contribution in [1.82, 2.24) is 9.38 Å². The second-order valence-electron chi connectivity index (χ2n) is 6.26. The summed E-state index contributed by atoms with van der Waals surface area (Å²) in [6, 6.07) is 18.9. The molecule has 3 heterocycles. The molecule has 0 atom stereocenters. The van der Waals surface area contributed by atoms with E-state index < -0.39 is 5.91 Å². The normalized spacial score (nSPS) is 10.8. The molecule has 138 valence electrons. The van der Waals surface area contributed by atoms with Crippen molar-refractivity contribution in [3.63, 3.8) is 0 Å². The van der Waals surface area contributed by atoms with Gasteiger partial charge in [-0.2, -0.15) is 0 Å². The number of aromatic nitrogens is 2. The number of benzene rings is 1. The summed E-state index contributed by atoms with van der Waals surface area (Å²) in [4.78, 5) is 29.3. The number of pyridine rings is 2. The number of carbonyl (C=O) groups is 2. The van der Waals surface area contributed by atoms with Crippen molar-refractivity contribution in [3.05, 3.63) is 96.2 Å². The Labute approximate surface area is 160 Å². The van der Waals surface area contributed by atoms with Crippen LogP contribution >= 0.6 is 0 Å². The Kier molecular flexibility index (Phi) is 4.68. The fraction of sp³-hybridized carbons (Fsp3) is 0.0455. The molecule has 0 saturated carbocycles. The molecule has 5 nitrogen and oxygen atoms in total. The van der Waals surface area contributed by atoms with Gasteiger partial charge in [-0.25, -0.2) is 9.37 Å². The average Bonchev–Trinajstić information content (AvgIpc) is 3.09. The van der Waals surface area contributed by atoms with Crippen molar-refractivity contribution in [1.29, 1.82) is 0 Å². The fourth-order valence-corrected chi connectivity index (χ4v) is 3.22. The highest BCUT2D eigenvalue weighted by Crippen LogP contribution is 2.32. The predicted molar refractivity (Wildman–Crippen MR) is 104 cm³/mol. The van der Waals surface area contributed by atoms with E-state index in [0.29, 0.717) is 17.9 Å². The largest absolute Gasteiger partial charge is 0.319 e. The van der Waals surface area contributed by atoms with Gasteiger partial charge in [0.05, 0.1) is 11.2 Å². The summed E-state index contributed by atoms with van der Waals surface area (Å²) in [6.45, 7) is 0. The molecule has 0 saturated heterocycles. The van der Waals surface area contributed by atoms with E-state index >= 15 is 0 Å². The molecular weight excluding hydrogens is 357 g/mol. The molecule has 0 fully saturated rings. The van der Waals surface area contributed by atoms with Crippen molar-refractivity contribution in [3.8, 4) is 0 Å². The van der Waals surface area contributed by atoms with Gasteiger partial charge in [-0.15, -0.1) is 0 Å². The lowest BCUT2D eigenvalue weighted by Crippen LogP contribution is -2.27. The highest BCUT2D eigenvalue weighted by Gasteiger charge is 2.23. The summed E-state index contributed by atoms with van der Waals surface area (Å²) in [5.74, 6) is -0.630. The number of amides is 1. The van der Waals surface area contributed by atoms with Crippen LogP contribution in [-0.2, 0) is 16.0 Å². The topological polar surface area (TPSA) is 54.7 Å². The van der Waals surface area contributed by atoms with Gasteiger partial charge in [0.1, 0.15) is 11.6 Å². The highest BCUT2D eigenvalue weighted by atomic mass is 19.1. The molecule has 28 heavy (non-hydrogen) atoms. The van der Waals surface area contributed by atoms with E-state index in [2.05, 4.69) is 4.98 Å². The van der Waals surface area contributed by atoms with Gasteiger partial charge in [0.25, 0.3) is 5.91 Å². The van der Waals surface area contributed by atoms with Gasteiger partial charge in [-0.3, -0.25) is 14.5 Å². The molecule has 0 radical (unpaired) electrons. The third-order valence-corrected chi connectivity index (χ3v) is 4.47. The fourth-order valence-electron chi connectivity index (χ4n) is 3.22. The Bertz CT molecular complexity index is 1140. The van der Waals surface area contributed by atoms with Crippen LogP contribution in [0, 0.1) is 5.82 Å². The summed E-state index contributed by atoms with van der Waals surface area (Å²) in [5.41, 5.74) is 3.16. The van der Waals surface area contributed by atoms with Crippen LogP contribution in [0.25, 0.3) is 5.52 Å². The second kappa shape index (κ2) is 7.44. The van der Waals surface area contributed by atoms with Gasteiger partial charge in [0, 0.05) is 24.5 Å². The minimum Gasteiger partial charge on any atom is -0.319 e. The average molecular weight is 373 g/mol. The minimum atomic E-state index is -0.705. The first-order valence-electron chi connectivity index (χ1n) is 8.71. The lowest BCUT2D eigenvalue weighted by molar-refractivity contribution is -0.129. The summed E-state index contributed by atoms with van der Waals surface area (Å²) in [7, 11) is 0. The number of anilines is 2. The molecule has 4 aromatic rings. The molecule has 0 bridgehead atoms. The monoisotopic (exact) mass is 373 g/mol. The van der Waals surface area contributed by atoms with Gasteiger partial charge in [-0.1, -0.05) is 24.3 Å².